The lowest BCUT2D eigenvalue weighted by molar-refractivity contribution is 0.0562. The maximum absolute atomic E-state index is 13.8. The average molecular weight is 535 g/mol. The van der Waals surface area contributed by atoms with Crippen molar-refractivity contribution in [3.63, 3.8) is 0 Å². The van der Waals surface area contributed by atoms with Gasteiger partial charge in [-0.2, -0.15) is 4.98 Å². The number of aryl methyl sites for hydroxylation is 2. The van der Waals surface area contributed by atoms with Crippen LogP contribution in [0.5, 0.6) is 5.88 Å². The molecule has 5 rings (SSSR count). The van der Waals surface area contributed by atoms with Crippen LogP contribution in [0.15, 0.2) is 53.4 Å². The molecule has 3 aromatic rings. The first kappa shape index (κ1) is 26.2. The first-order valence-electron chi connectivity index (χ1n) is 13.2. The Bertz CT molecular complexity index is 1450. The zero-order valence-electron chi connectivity index (χ0n) is 22.3. The van der Waals surface area contributed by atoms with Crippen LogP contribution in [0.25, 0.3) is 11.3 Å². The summed E-state index contributed by atoms with van der Waals surface area (Å²) in [6.07, 6.45) is 3.13. The van der Waals surface area contributed by atoms with Crippen molar-refractivity contribution in [3.05, 3.63) is 65.2 Å². The molecular formula is C29H34N4O4S. The molecule has 1 fully saturated rings. The Morgan fingerprint density at radius 1 is 1.05 bits per heavy atom. The number of rotatable bonds is 3. The van der Waals surface area contributed by atoms with Gasteiger partial charge < -0.3 is 9.64 Å². The van der Waals surface area contributed by atoms with Crippen molar-refractivity contribution in [3.8, 4) is 17.1 Å². The number of hydrogen-bond donors (Lipinski definition) is 1. The van der Waals surface area contributed by atoms with E-state index in [1.54, 1.807) is 18.2 Å². The SMILES string of the molecule is Cc1cccc(C)c1-c1cc2nc(n1)NS(=O)(=O)c1cccc(c1)C(=O)N1C[C@@H](CCC[C@@H]1CC(C)C)O2. The molecule has 2 aliphatic heterocycles. The molecule has 3 heterocycles. The number of carbonyl (C=O) groups excluding carboxylic acids is 1. The molecule has 200 valence electrons. The van der Waals surface area contributed by atoms with E-state index in [1.807, 2.05) is 36.9 Å². The molecular weight excluding hydrogens is 500 g/mol. The summed E-state index contributed by atoms with van der Waals surface area (Å²) < 4.78 is 35.7. The molecule has 0 saturated carbocycles. The van der Waals surface area contributed by atoms with Gasteiger partial charge in [-0.15, -0.1) is 0 Å². The van der Waals surface area contributed by atoms with Crippen molar-refractivity contribution in [2.24, 2.45) is 5.92 Å². The smallest absolute Gasteiger partial charge is 0.264 e. The minimum Gasteiger partial charge on any atom is -0.472 e. The fourth-order valence-electron chi connectivity index (χ4n) is 5.52. The molecule has 8 nitrogen and oxygen atoms in total. The van der Waals surface area contributed by atoms with Crippen LogP contribution in [0.2, 0.25) is 0 Å². The van der Waals surface area contributed by atoms with Gasteiger partial charge in [0.25, 0.3) is 15.9 Å². The Kier molecular flexibility index (Phi) is 7.13. The van der Waals surface area contributed by atoms with Crippen molar-refractivity contribution >= 4 is 21.9 Å². The fraction of sp³-hybridized carbons (Fsp3) is 0.414. The molecule has 1 saturated heterocycles. The standard InChI is InChI=1S/C29H34N4O4S/c1-18(2)14-22-11-7-12-23-17-33(22)28(34)21-10-6-13-24(15-21)38(35,36)32-29-30-25(16-26(31-29)37-23)27-19(3)8-5-9-20(27)4/h5-6,8-10,13,15-16,18,22-23H,7,11-12,14,17H2,1-4H3,(H,30,31,32)/t22-,23-/m1/s1. The van der Waals surface area contributed by atoms with Crippen molar-refractivity contribution in [1.82, 2.24) is 14.9 Å². The minimum absolute atomic E-state index is 0.0158. The lowest BCUT2D eigenvalue weighted by Gasteiger charge is -2.33. The first-order valence-corrected chi connectivity index (χ1v) is 14.6. The number of fused-ring (bicyclic) bond motifs is 6. The summed E-state index contributed by atoms with van der Waals surface area (Å²) in [4.78, 5) is 24.7. The number of carbonyl (C=O) groups is 1. The van der Waals surface area contributed by atoms with Gasteiger partial charge in [-0.3, -0.25) is 4.79 Å². The van der Waals surface area contributed by atoms with Gasteiger partial charge in [-0.05, 0) is 74.8 Å². The number of anilines is 1. The van der Waals surface area contributed by atoms with E-state index < -0.39 is 10.0 Å². The summed E-state index contributed by atoms with van der Waals surface area (Å²) in [5.74, 6) is 0.437. The van der Waals surface area contributed by atoms with E-state index in [2.05, 4.69) is 28.5 Å². The average Bonchev–Trinajstić information content (AvgIpc) is 3.04. The highest BCUT2D eigenvalue weighted by Crippen LogP contribution is 2.32. The van der Waals surface area contributed by atoms with Crippen molar-refractivity contribution in [2.75, 3.05) is 11.3 Å². The van der Waals surface area contributed by atoms with Crippen molar-refractivity contribution in [1.29, 1.82) is 0 Å². The number of nitrogens with one attached hydrogen (secondary N) is 1. The Morgan fingerprint density at radius 3 is 2.53 bits per heavy atom. The molecule has 2 aromatic carbocycles. The number of sulfonamides is 1. The Balaban J connectivity index is 1.67. The fourth-order valence-corrected chi connectivity index (χ4v) is 6.51. The van der Waals surface area contributed by atoms with Gasteiger partial charge in [-0.1, -0.05) is 38.1 Å². The maximum atomic E-state index is 13.8. The van der Waals surface area contributed by atoms with Crippen LogP contribution in [-0.4, -0.2) is 47.9 Å². The highest BCUT2D eigenvalue weighted by molar-refractivity contribution is 7.92. The van der Waals surface area contributed by atoms with E-state index in [-0.39, 0.29) is 34.8 Å². The van der Waals surface area contributed by atoms with E-state index in [9.17, 15) is 13.2 Å². The molecule has 0 spiro atoms. The Hall–Kier alpha value is -3.46. The summed E-state index contributed by atoms with van der Waals surface area (Å²) in [6, 6.07) is 14.0. The second kappa shape index (κ2) is 10.4. The quantitative estimate of drug-likeness (QED) is 0.485. The number of amides is 1. The second-order valence-corrected chi connectivity index (χ2v) is 12.4. The van der Waals surface area contributed by atoms with E-state index in [1.165, 1.54) is 12.1 Å². The topological polar surface area (TPSA) is 101 Å². The predicted molar refractivity (Wildman–Crippen MR) is 147 cm³/mol. The van der Waals surface area contributed by atoms with Crippen molar-refractivity contribution < 1.29 is 17.9 Å². The molecule has 1 aromatic heterocycles. The number of hydrogen-bond acceptors (Lipinski definition) is 6. The number of aromatic nitrogens is 2. The van der Waals surface area contributed by atoms with Crippen LogP contribution in [0.1, 0.15) is 61.0 Å². The molecule has 1 amide bonds. The Labute approximate surface area is 224 Å². The molecule has 0 unspecified atom stereocenters. The summed E-state index contributed by atoms with van der Waals surface area (Å²) >= 11 is 0. The number of nitrogens with zero attached hydrogens (tertiary/aromatic N) is 3. The molecule has 9 heteroatoms. The van der Waals surface area contributed by atoms with Crippen LogP contribution >= 0.6 is 0 Å². The molecule has 0 radical (unpaired) electrons. The monoisotopic (exact) mass is 534 g/mol. The van der Waals surface area contributed by atoms with Gasteiger partial charge >= 0.3 is 0 Å². The van der Waals surface area contributed by atoms with E-state index in [0.717, 1.165) is 42.4 Å². The van der Waals surface area contributed by atoms with E-state index in [0.29, 0.717) is 23.7 Å². The predicted octanol–water partition coefficient (Wildman–Crippen LogP) is 5.36. The largest absolute Gasteiger partial charge is 0.472 e. The lowest BCUT2D eigenvalue weighted by Crippen LogP contribution is -2.44. The number of benzene rings is 2. The molecule has 6 bridgehead atoms. The zero-order valence-corrected chi connectivity index (χ0v) is 23.1. The first-order chi connectivity index (χ1) is 18.1. The molecule has 38 heavy (non-hydrogen) atoms. The number of ether oxygens (including phenoxy) is 1. The van der Waals surface area contributed by atoms with E-state index in [4.69, 9.17) is 4.74 Å². The third-order valence-corrected chi connectivity index (χ3v) is 8.58. The summed E-state index contributed by atoms with van der Waals surface area (Å²) in [5, 5.41) is 0. The molecule has 1 N–H and O–H groups in total. The van der Waals surface area contributed by atoms with Gasteiger partial charge in [0.1, 0.15) is 6.10 Å². The maximum Gasteiger partial charge on any atom is 0.264 e. The van der Waals surface area contributed by atoms with Gasteiger partial charge in [0.15, 0.2) is 0 Å². The van der Waals surface area contributed by atoms with E-state index >= 15 is 0 Å². The van der Waals surface area contributed by atoms with Gasteiger partial charge in [0.05, 0.1) is 17.1 Å². The molecule has 2 aliphatic rings. The molecule has 0 aliphatic carbocycles. The van der Waals surface area contributed by atoms with Gasteiger partial charge in [0.2, 0.25) is 11.8 Å². The Morgan fingerprint density at radius 2 is 1.79 bits per heavy atom. The van der Waals surface area contributed by atoms with Crippen molar-refractivity contribution in [2.45, 2.75) is 70.4 Å². The minimum atomic E-state index is -4.06. The second-order valence-electron chi connectivity index (χ2n) is 10.7. The van der Waals surface area contributed by atoms with Crippen LogP contribution in [-0.2, 0) is 10.0 Å². The van der Waals surface area contributed by atoms with Gasteiger partial charge in [-0.25, -0.2) is 18.1 Å². The third-order valence-electron chi connectivity index (χ3n) is 7.25. The van der Waals surface area contributed by atoms with Crippen LogP contribution in [0.4, 0.5) is 5.95 Å². The van der Waals surface area contributed by atoms with Crippen LogP contribution < -0.4 is 9.46 Å². The summed E-state index contributed by atoms with van der Waals surface area (Å²) in [5.41, 5.74) is 3.84. The summed E-state index contributed by atoms with van der Waals surface area (Å²) in [6.45, 7) is 8.69. The van der Waals surface area contributed by atoms with Gasteiger partial charge in [0, 0.05) is 23.2 Å². The lowest BCUT2D eigenvalue weighted by atomic mass is 9.98. The van der Waals surface area contributed by atoms with Crippen LogP contribution in [0, 0.1) is 19.8 Å². The highest BCUT2D eigenvalue weighted by atomic mass is 32.2. The molecule has 2 atom stereocenters. The normalized spacial score (nSPS) is 20.9. The van der Waals surface area contributed by atoms with Crippen LogP contribution in [0.3, 0.4) is 0 Å². The zero-order chi connectivity index (χ0) is 27.0. The third kappa shape index (κ3) is 5.38. The summed E-state index contributed by atoms with van der Waals surface area (Å²) in [7, 11) is -4.06. The highest BCUT2D eigenvalue weighted by Gasteiger charge is 2.33.